The van der Waals surface area contributed by atoms with Crippen molar-refractivity contribution in [3.63, 3.8) is 0 Å². The molecule has 0 saturated heterocycles. The van der Waals surface area contributed by atoms with Gasteiger partial charge < -0.3 is 14.6 Å². The summed E-state index contributed by atoms with van der Waals surface area (Å²) in [5, 5.41) is 7.28. The lowest BCUT2D eigenvalue weighted by Crippen LogP contribution is -2.27. The van der Waals surface area contributed by atoms with Crippen molar-refractivity contribution in [2.75, 3.05) is 13.2 Å². The lowest BCUT2D eigenvalue weighted by atomic mass is 10.1. The maximum atomic E-state index is 12.0. The summed E-state index contributed by atoms with van der Waals surface area (Å²) in [6.07, 6.45) is 0. The maximum absolute atomic E-state index is 12.0. The smallest absolute Gasteiger partial charge is 0.290 e. The zero-order valence-corrected chi connectivity index (χ0v) is 13.5. The summed E-state index contributed by atoms with van der Waals surface area (Å²) in [4.78, 5) is 12.0. The van der Waals surface area contributed by atoms with Crippen molar-refractivity contribution < 1.29 is 14.1 Å². The number of carbonyl (C=O) groups is 1. The second-order valence-electron chi connectivity index (χ2n) is 5.00. The highest BCUT2D eigenvalue weighted by atomic mass is 35.5. The molecule has 0 atom stereocenters. The Balaban J connectivity index is 1.49. The van der Waals surface area contributed by atoms with Gasteiger partial charge in [0.15, 0.2) is 0 Å². The van der Waals surface area contributed by atoms with Gasteiger partial charge in [0.05, 0.1) is 6.54 Å². The maximum Gasteiger partial charge on any atom is 0.290 e. The van der Waals surface area contributed by atoms with E-state index in [4.69, 9.17) is 20.9 Å². The van der Waals surface area contributed by atoms with Crippen LogP contribution in [-0.4, -0.2) is 24.2 Å². The summed E-state index contributed by atoms with van der Waals surface area (Å²) in [5.74, 6) is 0.532. The monoisotopic (exact) mass is 342 g/mol. The fraction of sp³-hybridized carbons (Fsp3) is 0.111. The van der Waals surface area contributed by atoms with Crippen molar-refractivity contribution in [1.82, 2.24) is 10.5 Å². The van der Waals surface area contributed by atoms with E-state index in [-0.39, 0.29) is 11.7 Å². The van der Waals surface area contributed by atoms with Gasteiger partial charge in [-0.3, -0.25) is 4.79 Å². The molecule has 2 aromatic carbocycles. The van der Waals surface area contributed by atoms with E-state index in [1.165, 1.54) is 0 Å². The van der Waals surface area contributed by atoms with Gasteiger partial charge >= 0.3 is 0 Å². The minimum atomic E-state index is -0.329. The van der Waals surface area contributed by atoms with Gasteiger partial charge in [-0.2, -0.15) is 0 Å². The molecular formula is C18H15ClN2O3. The summed E-state index contributed by atoms with van der Waals surface area (Å²) >= 11 is 5.80. The van der Waals surface area contributed by atoms with Crippen LogP contribution in [0.4, 0.5) is 0 Å². The molecule has 1 heterocycles. The number of hydrogen-bond donors (Lipinski definition) is 1. The fourth-order valence-corrected chi connectivity index (χ4v) is 2.20. The van der Waals surface area contributed by atoms with Crippen LogP contribution in [-0.2, 0) is 0 Å². The highest BCUT2D eigenvalue weighted by molar-refractivity contribution is 6.30. The number of nitrogens with one attached hydrogen (secondary N) is 1. The molecule has 0 radical (unpaired) electrons. The van der Waals surface area contributed by atoms with Gasteiger partial charge in [-0.25, -0.2) is 0 Å². The number of aromatic nitrogens is 1. The Morgan fingerprint density at radius 3 is 2.62 bits per heavy atom. The third kappa shape index (κ3) is 4.14. The number of halogens is 1. The summed E-state index contributed by atoms with van der Waals surface area (Å²) in [6.45, 7) is 0.690. The highest BCUT2D eigenvalue weighted by Crippen LogP contribution is 2.18. The Morgan fingerprint density at radius 2 is 1.88 bits per heavy atom. The predicted octanol–water partition coefficient (Wildman–Crippen LogP) is 3.80. The first-order valence-electron chi connectivity index (χ1n) is 7.41. The molecule has 1 amide bonds. The summed E-state index contributed by atoms with van der Waals surface area (Å²) < 4.78 is 10.6. The molecule has 1 aromatic heterocycles. The molecular weight excluding hydrogens is 328 g/mol. The topological polar surface area (TPSA) is 64.4 Å². The van der Waals surface area contributed by atoms with Gasteiger partial charge in [0, 0.05) is 16.7 Å². The van der Waals surface area contributed by atoms with E-state index in [0.717, 1.165) is 5.56 Å². The molecule has 3 aromatic rings. The number of nitrogens with zero attached hydrogens (tertiary/aromatic N) is 1. The van der Waals surface area contributed by atoms with Crippen molar-refractivity contribution in [3.05, 3.63) is 71.4 Å². The molecule has 0 saturated carbocycles. The van der Waals surface area contributed by atoms with Crippen LogP contribution in [0.3, 0.4) is 0 Å². The number of rotatable bonds is 6. The van der Waals surface area contributed by atoms with Crippen LogP contribution in [0.2, 0.25) is 5.02 Å². The first kappa shape index (κ1) is 16.1. The van der Waals surface area contributed by atoms with Gasteiger partial charge in [-0.05, 0) is 24.3 Å². The number of hydrogen-bond acceptors (Lipinski definition) is 4. The average Bonchev–Trinajstić information content (AvgIpc) is 3.11. The third-order valence-electron chi connectivity index (χ3n) is 3.27. The molecule has 0 aliphatic carbocycles. The molecule has 0 unspecified atom stereocenters. The SMILES string of the molecule is O=C(NCCOc1ccc(Cl)cc1)c1cc(-c2ccccc2)no1. The fourth-order valence-electron chi connectivity index (χ4n) is 2.08. The van der Waals surface area contributed by atoms with Crippen molar-refractivity contribution in [2.24, 2.45) is 0 Å². The third-order valence-corrected chi connectivity index (χ3v) is 3.53. The first-order chi connectivity index (χ1) is 11.7. The minimum absolute atomic E-state index is 0.167. The molecule has 0 bridgehead atoms. The zero-order chi connectivity index (χ0) is 16.8. The Kier molecular flexibility index (Phi) is 5.13. The van der Waals surface area contributed by atoms with E-state index in [1.807, 2.05) is 30.3 Å². The lowest BCUT2D eigenvalue weighted by Gasteiger charge is -2.06. The van der Waals surface area contributed by atoms with E-state index in [0.29, 0.717) is 29.6 Å². The normalized spacial score (nSPS) is 10.4. The predicted molar refractivity (Wildman–Crippen MR) is 91.2 cm³/mol. The second kappa shape index (κ2) is 7.66. The van der Waals surface area contributed by atoms with Crippen molar-refractivity contribution in [3.8, 4) is 17.0 Å². The van der Waals surface area contributed by atoms with Crippen molar-refractivity contribution >= 4 is 17.5 Å². The molecule has 0 aliphatic heterocycles. The minimum Gasteiger partial charge on any atom is -0.492 e. The number of carbonyl (C=O) groups excluding carboxylic acids is 1. The molecule has 0 fully saturated rings. The Hall–Kier alpha value is -2.79. The van der Waals surface area contributed by atoms with Gasteiger partial charge in [0.25, 0.3) is 5.91 Å². The zero-order valence-electron chi connectivity index (χ0n) is 12.7. The Bertz CT molecular complexity index is 801. The van der Waals surface area contributed by atoms with E-state index in [1.54, 1.807) is 30.3 Å². The van der Waals surface area contributed by atoms with Crippen LogP contribution in [0.5, 0.6) is 5.75 Å². The summed E-state index contributed by atoms with van der Waals surface area (Å²) in [7, 11) is 0. The van der Waals surface area contributed by atoms with Gasteiger partial charge in [0.1, 0.15) is 18.1 Å². The molecule has 122 valence electrons. The lowest BCUT2D eigenvalue weighted by molar-refractivity contribution is 0.0910. The molecule has 3 rings (SSSR count). The van der Waals surface area contributed by atoms with E-state index < -0.39 is 0 Å². The second-order valence-corrected chi connectivity index (χ2v) is 5.44. The summed E-state index contributed by atoms with van der Waals surface area (Å²) in [5.41, 5.74) is 1.52. The van der Waals surface area contributed by atoms with Gasteiger partial charge in [-0.1, -0.05) is 47.1 Å². The standard InChI is InChI=1S/C18H15ClN2O3/c19-14-6-8-15(9-7-14)23-11-10-20-18(22)17-12-16(21-24-17)13-4-2-1-3-5-13/h1-9,12H,10-11H2,(H,20,22). The quantitative estimate of drug-likeness (QED) is 0.692. The molecule has 24 heavy (non-hydrogen) atoms. The highest BCUT2D eigenvalue weighted by Gasteiger charge is 2.13. The van der Waals surface area contributed by atoms with Crippen LogP contribution in [0.15, 0.2) is 65.2 Å². The van der Waals surface area contributed by atoms with E-state index >= 15 is 0 Å². The molecule has 0 aliphatic rings. The van der Waals surface area contributed by atoms with Crippen molar-refractivity contribution in [2.45, 2.75) is 0 Å². The van der Waals surface area contributed by atoms with Gasteiger partial charge in [0.2, 0.25) is 5.76 Å². The van der Waals surface area contributed by atoms with Crippen LogP contribution >= 0.6 is 11.6 Å². The number of amides is 1. The van der Waals surface area contributed by atoms with E-state index in [9.17, 15) is 4.79 Å². The van der Waals surface area contributed by atoms with E-state index in [2.05, 4.69) is 10.5 Å². The van der Waals surface area contributed by atoms with Crippen LogP contribution in [0.1, 0.15) is 10.6 Å². The van der Waals surface area contributed by atoms with Crippen LogP contribution < -0.4 is 10.1 Å². The average molecular weight is 343 g/mol. The largest absolute Gasteiger partial charge is 0.492 e. The Labute approximate surface area is 144 Å². The molecule has 1 N–H and O–H groups in total. The summed E-state index contributed by atoms with van der Waals surface area (Å²) in [6, 6.07) is 18.2. The Morgan fingerprint density at radius 1 is 1.12 bits per heavy atom. The number of ether oxygens (including phenoxy) is 1. The molecule has 6 heteroatoms. The van der Waals surface area contributed by atoms with Gasteiger partial charge in [-0.15, -0.1) is 0 Å². The van der Waals surface area contributed by atoms with Crippen molar-refractivity contribution in [1.29, 1.82) is 0 Å². The van der Waals surface area contributed by atoms with Crippen LogP contribution in [0.25, 0.3) is 11.3 Å². The molecule has 5 nitrogen and oxygen atoms in total. The molecule has 0 spiro atoms. The van der Waals surface area contributed by atoms with Crippen LogP contribution in [0, 0.1) is 0 Å². The number of benzene rings is 2. The first-order valence-corrected chi connectivity index (χ1v) is 7.79.